The Kier molecular flexibility index (Phi) is 15.5. The van der Waals surface area contributed by atoms with E-state index in [1.165, 1.54) is 69.2 Å². The summed E-state index contributed by atoms with van der Waals surface area (Å²) in [4.78, 5) is 14.0. The van der Waals surface area contributed by atoms with Gasteiger partial charge in [-0.15, -0.1) is 0 Å². The van der Waals surface area contributed by atoms with E-state index in [9.17, 15) is 13.2 Å². The first-order chi connectivity index (χ1) is 23.6. The van der Waals surface area contributed by atoms with Crippen LogP contribution in [0.3, 0.4) is 0 Å². The monoisotopic (exact) mass is 725 g/mol. The highest BCUT2D eigenvalue weighted by Gasteiger charge is 2.39. The molecule has 0 spiro atoms. The average Bonchev–Trinajstić information content (AvgIpc) is 3.36. The van der Waals surface area contributed by atoms with Gasteiger partial charge in [0.25, 0.3) is 5.91 Å². The van der Waals surface area contributed by atoms with E-state index >= 15 is 0 Å². The fraction of sp³-hybridized carbons (Fsp3) is 0.500. The number of benzene rings is 3. The van der Waals surface area contributed by atoms with Crippen LogP contribution in [0.4, 0.5) is 11.4 Å². The molecule has 6 nitrogen and oxygen atoms in total. The number of aryl methyl sites for hydroxylation is 2. The van der Waals surface area contributed by atoms with Crippen molar-refractivity contribution in [2.24, 2.45) is 11.0 Å². The normalized spacial score (nSPS) is 14.8. The molecule has 266 valence electrons. The molecular formula is C40H53Cl2N3O3S. The number of rotatable bonds is 21. The number of nitrogens with one attached hydrogen (secondary N) is 1. The van der Waals surface area contributed by atoms with Crippen molar-refractivity contribution in [1.82, 2.24) is 0 Å². The summed E-state index contributed by atoms with van der Waals surface area (Å²) in [5.41, 5.74) is 4.97. The Bertz CT molecular complexity index is 1630. The van der Waals surface area contributed by atoms with Gasteiger partial charge in [0, 0.05) is 11.3 Å². The van der Waals surface area contributed by atoms with Crippen LogP contribution in [0.25, 0.3) is 0 Å². The summed E-state index contributed by atoms with van der Waals surface area (Å²) in [6, 6.07) is 18.7. The number of amides is 1. The molecule has 4 rings (SSSR count). The first-order valence-corrected chi connectivity index (χ1v) is 20.5. The molecule has 1 aliphatic rings. The van der Waals surface area contributed by atoms with Crippen LogP contribution in [0, 0.1) is 19.8 Å². The molecule has 1 atom stereocenters. The predicted octanol–water partition coefficient (Wildman–Crippen LogP) is 11.4. The third kappa shape index (κ3) is 12.1. The SMILES string of the molecule is CCCCCCCCCCCCCCCCS(=O)(=O)Nc1cccc(C2=NN(c3c(Cl)cc(C)cc3Cl)C(=O)C2Cc2ccc(C)cc2)c1. The summed E-state index contributed by atoms with van der Waals surface area (Å²) in [6.45, 7) is 6.16. The second-order valence-electron chi connectivity index (χ2n) is 13.6. The first-order valence-electron chi connectivity index (χ1n) is 18.1. The van der Waals surface area contributed by atoms with Crippen molar-refractivity contribution < 1.29 is 13.2 Å². The molecule has 0 radical (unpaired) electrons. The molecular weight excluding hydrogens is 673 g/mol. The van der Waals surface area contributed by atoms with E-state index in [1.54, 1.807) is 30.3 Å². The van der Waals surface area contributed by atoms with Crippen LogP contribution < -0.4 is 9.73 Å². The molecule has 9 heteroatoms. The van der Waals surface area contributed by atoms with Gasteiger partial charge in [-0.05, 0) is 62.1 Å². The number of carbonyl (C=O) groups is 1. The van der Waals surface area contributed by atoms with Crippen LogP contribution in [0.2, 0.25) is 10.0 Å². The fourth-order valence-corrected chi connectivity index (χ4v) is 8.34. The molecule has 1 heterocycles. The second-order valence-corrected chi connectivity index (χ2v) is 16.2. The molecule has 1 aliphatic heterocycles. The molecule has 1 unspecified atom stereocenters. The van der Waals surface area contributed by atoms with E-state index in [0.717, 1.165) is 36.0 Å². The van der Waals surface area contributed by atoms with Gasteiger partial charge < -0.3 is 0 Å². The lowest BCUT2D eigenvalue weighted by Gasteiger charge is -2.18. The molecule has 3 aromatic rings. The van der Waals surface area contributed by atoms with E-state index in [1.807, 2.05) is 44.2 Å². The Balaban J connectivity index is 1.34. The van der Waals surface area contributed by atoms with Crippen LogP contribution in [-0.2, 0) is 21.2 Å². The summed E-state index contributed by atoms with van der Waals surface area (Å²) in [5.74, 6) is -0.784. The number of nitrogens with zero attached hydrogens (tertiary/aromatic N) is 2. The number of hydrogen-bond acceptors (Lipinski definition) is 4. The fourth-order valence-electron chi connectivity index (χ4n) is 6.41. The van der Waals surface area contributed by atoms with E-state index in [0.29, 0.717) is 45.5 Å². The minimum absolute atomic E-state index is 0.0724. The quantitative estimate of drug-likeness (QED) is 0.111. The van der Waals surface area contributed by atoms with E-state index in [-0.39, 0.29) is 11.7 Å². The Hall–Kier alpha value is -2.87. The van der Waals surface area contributed by atoms with Gasteiger partial charge in [0.05, 0.1) is 27.4 Å². The molecule has 0 saturated carbocycles. The zero-order valence-electron chi connectivity index (χ0n) is 29.4. The van der Waals surface area contributed by atoms with Crippen molar-refractivity contribution in [3.05, 3.63) is 93.0 Å². The minimum atomic E-state index is -3.54. The van der Waals surface area contributed by atoms with Crippen molar-refractivity contribution in [2.45, 2.75) is 117 Å². The van der Waals surface area contributed by atoms with Crippen molar-refractivity contribution in [2.75, 3.05) is 15.5 Å². The molecule has 0 fully saturated rings. The smallest absolute Gasteiger partial charge is 0.257 e. The van der Waals surface area contributed by atoms with Gasteiger partial charge in [0.15, 0.2) is 0 Å². The average molecular weight is 727 g/mol. The van der Waals surface area contributed by atoms with Crippen molar-refractivity contribution in [1.29, 1.82) is 0 Å². The van der Waals surface area contributed by atoms with Crippen LogP contribution >= 0.6 is 23.2 Å². The lowest BCUT2D eigenvalue weighted by atomic mass is 9.90. The van der Waals surface area contributed by atoms with E-state index < -0.39 is 15.9 Å². The highest BCUT2D eigenvalue weighted by atomic mass is 35.5. The number of hydrazone groups is 1. The third-order valence-corrected chi connectivity index (χ3v) is 11.1. The van der Waals surface area contributed by atoms with E-state index in [4.69, 9.17) is 28.3 Å². The molecule has 3 aromatic carbocycles. The Labute approximate surface area is 304 Å². The van der Waals surface area contributed by atoms with Crippen molar-refractivity contribution in [3.8, 4) is 0 Å². The summed E-state index contributed by atoms with van der Waals surface area (Å²) < 4.78 is 28.8. The largest absolute Gasteiger partial charge is 0.284 e. The summed E-state index contributed by atoms with van der Waals surface area (Å²) >= 11 is 13.2. The lowest BCUT2D eigenvalue weighted by Crippen LogP contribution is -2.29. The predicted molar refractivity (Wildman–Crippen MR) is 208 cm³/mol. The highest BCUT2D eigenvalue weighted by molar-refractivity contribution is 7.92. The highest BCUT2D eigenvalue weighted by Crippen LogP contribution is 2.39. The van der Waals surface area contributed by atoms with Gasteiger partial charge in [-0.1, -0.05) is 156 Å². The zero-order valence-corrected chi connectivity index (χ0v) is 31.8. The maximum atomic E-state index is 14.0. The number of carbonyl (C=O) groups excluding carboxylic acids is 1. The van der Waals surface area contributed by atoms with Gasteiger partial charge in [-0.2, -0.15) is 10.1 Å². The minimum Gasteiger partial charge on any atom is -0.284 e. The molecule has 1 N–H and O–H groups in total. The van der Waals surface area contributed by atoms with E-state index in [2.05, 4.69) is 11.6 Å². The topological polar surface area (TPSA) is 78.8 Å². The number of hydrogen-bond donors (Lipinski definition) is 1. The number of anilines is 2. The lowest BCUT2D eigenvalue weighted by molar-refractivity contribution is -0.119. The number of unbranched alkanes of at least 4 members (excludes halogenated alkanes) is 13. The van der Waals surface area contributed by atoms with Gasteiger partial charge in [-0.25, -0.2) is 8.42 Å². The summed E-state index contributed by atoms with van der Waals surface area (Å²) in [5, 5.41) is 6.73. The molecule has 0 aromatic heterocycles. The first kappa shape index (κ1) is 38.9. The van der Waals surface area contributed by atoms with Crippen LogP contribution in [0.1, 0.15) is 119 Å². The number of halogens is 2. The molecule has 49 heavy (non-hydrogen) atoms. The van der Waals surface area contributed by atoms with Gasteiger partial charge >= 0.3 is 0 Å². The zero-order chi connectivity index (χ0) is 35.2. The van der Waals surface area contributed by atoms with Gasteiger partial charge in [0.1, 0.15) is 5.69 Å². The van der Waals surface area contributed by atoms with Crippen molar-refractivity contribution in [3.63, 3.8) is 0 Å². The third-order valence-electron chi connectivity index (χ3n) is 9.18. The molecule has 1 amide bonds. The maximum Gasteiger partial charge on any atom is 0.257 e. The van der Waals surface area contributed by atoms with Gasteiger partial charge in [0.2, 0.25) is 10.0 Å². The Morgan fingerprint density at radius 3 is 1.86 bits per heavy atom. The molecule has 0 bridgehead atoms. The Morgan fingerprint density at radius 1 is 0.735 bits per heavy atom. The van der Waals surface area contributed by atoms with Crippen LogP contribution in [0.5, 0.6) is 0 Å². The summed E-state index contributed by atoms with van der Waals surface area (Å²) in [6.07, 6.45) is 17.4. The van der Waals surface area contributed by atoms with Crippen LogP contribution in [0.15, 0.2) is 65.8 Å². The molecule has 0 aliphatic carbocycles. The number of sulfonamides is 1. The maximum absolute atomic E-state index is 14.0. The standard InChI is InChI=1S/C40H53Cl2N3O3S/c1-4-5-6-7-8-9-10-11-12-13-14-15-16-17-25-49(47,48)44-34-20-18-19-33(29-34)38-35(28-32-23-21-30(2)22-24-32)40(46)45(43-38)39-36(41)26-31(3)27-37(39)42/h18-24,26-27,29,35,44H,4-17,25,28H2,1-3H3. The Morgan fingerprint density at radius 2 is 1.29 bits per heavy atom. The van der Waals surface area contributed by atoms with Crippen molar-refractivity contribution >= 4 is 56.2 Å². The second kappa shape index (κ2) is 19.5. The summed E-state index contributed by atoms with van der Waals surface area (Å²) in [7, 11) is -3.54. The molecule has 0 saturated heterocycles. The van der Waals surface area contributed by atoms with Crippen LogP contribution in [-0.4, -0.2) is 25.8 Å². The van der Waals surface area contributed by atoms with Gasteiger partial charge in [-0.3, -0.25) is 9.52 Å².